The second-order valence-electron chi connectivity index (χ2n) is 10.5. The average molecular weight is 566 g/mol. The van der Waals surface area contributed by atoms with Gasteiger partial charge < -0.3 is 20.7 Å². The van der Waals surface area contributed by atoms with E-state index >= 15 is 0 Å². The number of rotatable bonds is 7. The number of carbonyl (C=O) groups excluding carboxylic acids is 1. The highest BCUT2D eigenvalue weighted by atomic mass is 19.1. The van der Waals surface area contributed by atoms with E-state index in [1.54, 1.807) is 6.07 Å². The lowest BCUT2D eigenvalue weighted by Gasteiger charge is -2.34. The van der Waals surface area contributed by atoms with E-state index < -0.39 is 28.8 Å². The van der Waals surface area contributed by atoms with Crippen molar-refractivity contribution in [2.45, 2.75) is 38.8 Å². The fourth-order valence-electron chi connectivity index (χ4n) is 5.50. The van der Waals surface area contributed by atoms with Crippen molar-refractivity contribution in [2.24, 2.45) is 16.8 Å². The predicted octanol–water partition coefficient (Wildman–Crippen LogP) is 3.46. The van der Waals surface area contributed by atoms with Gasteiger partial charge in [0.25, 0.3) is 11.5 Å². The average Bonchev–Trinajstić information content (AvgIpc) is 3.28. The van der Waals surface area contributed by atoms with Crippen LogP contribution in [0.3, 0.4) is 0 Å². The van der Waals surface area contributed by atoms with Crippen LogP contribution >= 0.6 is 0 Å². The molecule has 12 heteroatoms. The van der Waals surface area contributed by atoms with Gasteiger partial charge in [-0.1, -0.05) is 13.0 Å². The monoisotopic (exact) mass is 565 g/mol. The maximum absolute atomic E-state index is 14.4. The summed E-state index contributed by atoms with van der Waals surface area (Å²) >= 11 is 0. The summed E-state index contributed by atoms with van der Waals surface area (Å²) < 4.78 is 35.1. The Morgan fingerprint density at radius 3 is 2.56 bits per heavy atom. The summed E-state index contributed by atoms with van der Waals surface area (Å²) in [5.41, 5.74) is 7.70. The number of nitrogens with zero attached hydrogens (tertiary/aromatic N) is 5. The van der Waals surface area contributed by atoms with E-state index in [9.17, 15) is 18.4 Å². The molecule has 0 unspecified atom stereocenters. The zero-order chi connectivity index (χ0) is 29.3. The van der Waals surface area contributed by atoms with Gasteiger partial charge in [-0.05, 0) is 61.6 Å². The molecule has 3 N–H and O–H groups in total. The Balaban J connectivity index is 1.53. The number of nitrogens with two attached hydrogens (primary N) is 1. The highest BCUT2D eigenvalue weighted by Crippen LogP contribution is 2.40. The molecule has 2 aliphatic rings. The Morgan fingerprint density at radius 2 is 1.93 bits per heavy atom. The van der Waals surface area contributed by atoms with Crippen molar-refractivity contribution in [3.8, 4) is 5.69 Å². The number of hydrazone groups is 1. The van der Waals surface area contributed by atoms with E-state index in [2.05, 4.69) is 34.1 Å². The third-order valence-corrected chi connectivity index (χ3v) is 7.70. The largest absolute Gasteiger partial charge is 0.379 e. The first kappa shape index (κ1) is 28.4. The predicted molar refractivity (Wildman–Crippen MR) is 154 cm³/mol. The summed E-state index contributed by atoms with van der Waals surface area (Å²) in [6, 6.07) is 9.08. The molecule has 1 amide bonds. The van der Waals surface area contributed by atoms with E-state index in [-0.39, 0.29) is 23.7 Å². The Hall–Kier alpha value is -4.16. The number of amides is 1. The van der Waals surface area contributed by atoms with E-state index in [0.29, 0.717) is 36.7 Å². The van der Waals surface area contributed by atoms with Gasteiger partial charge in [-0.3, -0.25) is 14.6 Å². The van der Waals surface area contributed by atoms with Crippen LogP contribution < -0.4 is 26.5 Å². The first-order valence-electron chi connectivity index (χ1n) is 13.5. The Labute approximate surface area is 236 Å². The minimum atomic E-state index is -0.978. The number of halogens is 2. The summed E-state index contributed by atoms with van der Waals surface area (Å²) in [5.74, 6) is -2.38. The molecular weight excluding hydrogens is 532 g/mol. The van der Waals surface area contributed by atoms with Crippen LogP contribution in [0.5, 0.6) is 0 Å². The highest BCUT2D eigenvalue weighted by Gasteiger charge is 2.32. The Kier molecular flexibility index (Phi) is 8.13. The number of hydrogen-bond acceptors (Lipinski definition) is 8. The molecule has 2 saturated heterocycles. The van der Waals surface area contributed by atoms with Gasteiger partial charge in [0.1, 0.15) is 11.4 Å². The van der Waals surface area contributed by atoms with Crippen molar-refractivity contribution in [1.29, 1.82) is 0 Å². The standard InChI is InChI=1S/C29H33F2N7O3/c1-17-14-36(15-22(17)32)27-18(2)25(37(33-3)19-6-5-13-41-16-19)11-9-23(27)34-29(40)24-10-12-26(39)38(35-24)28-20(30)7-4-8-21(28)31/h4,7-12,17,19,22H,3,5-6,13-16,32H2,1-2H3,(H,34,40)/t17-,19-,22+/m1/s1. The topological polar surface area (TPSA) is 118 Å². The quantitative estimate of drug-likeness (QED) is 0.333. The number of anilines is 3. The van der Waals surface area contributed by atoms with E-state index in [1.165, 1.54) is 12.1 Å². The zero-order valence-electron chi connectivity index (χ0n) is 23.0. The van der Waals surface area contributed by atoms with Crippen molar-refractivity contribution in [3.63, 3.8) is 0 Å². The second kappa shape index (κ2) is 11.8. The normalized spacial score (nSPS) is 20.6. The van der Waals surface area contributed by atoms with E-state index in [4.69, 9.17) is 10.5 Å². The number of benzene rings is 2. The molecule has 5 rings (SSSR count). The maximum Gasteiger partial charge on any atom is 0.276 e. The molecule has 2 fully saturated rings. The van der Waals surface area contributed by atoms with Crippen LogP contribution in [0.1, 0.15) is 35.8 Å². The van der Waals surface area contributed by atoms with Gasteiger partial charge in [0.05, 0.1) is 29.7 Å². The molecule has 3 aromatic rings. The molecule has 0 spiro atoms. The lowest BCUT2D eigenvalue weighted by molar-refractivity contribution is 0.0794. The molecule has 3 heterocycles. The van der Waals surface area contributed by atoms with Crippen LogP contribution in [-0.2, 0) is 4.74 Å². The third-order valence-electron chi connectivity index (χ3n) is 7.70. The van der Waals surface area contributed by atoms with Gasteiger partial charge in [0.2, 0.25) is 0 Å². The van der Waals surface area contributed by atoms with Gasteiger partial charge in [0, 0.05) is 38.5 Å². The van der Waals surface area contributed by atoms with Crippen molar-refractivity contribution < 1.29 is 18.3 Å². The minimum Gasteiger partial charge on any atom is -0.379 e. The lowest BCUT2D eigenvalue weighted by atomic mass is 10.0. The highest BCUT2D eigenvalue weighted by molar-refractivity contribution is 6.05. The van der Waals surface area contributed by atoms with Gasteiger partial charge in [-0.25, -0.2) is 8.78 Å². The summed E-state index contributed by atoms with van der Waals surface area (Å²) in [5, 5.41) is 13.0. The first-order valence-corrected chi connectivity index (χ1v) is 13.5. The van der Waals surface area contributed by atoms with Gasteiger partial charge in [-0.2, -0.15) is 14.9 Å². The fourth-order valence-corrected chi connectivity index (χ4v) is 5.50. The van der Waals surface area contributed by atoms with Crippen LogP contribution in [0.4, 0.5) is 25.8 Å². The Bertz CT molecular complexity index is 1490. The van der Waals surface area contributed by atoms with E-state index in [1.807, 2.05) is 18.0 Å². The number of aromatic nitrogens is 2. The molecule has 1 aromatic heterocycles. The van der Waals surface area contributed by atoms with Crippen LogP contribution in [0, 0.1) is 24.5 Å². The molecule has 0 saturated carbocycles. The maximum atomic E-state index is 14.4. The summed E-state index contributed by atoms with van der Waals surface area (Å²) in [7, 11) is 0. The van der Waals surface area contributed by atoms with Crippen LogP contribution in [0.2, 0.25) is 0 Å². The second-order valence-corrected chi connectivity index (χ2v) is 10.5. The van der Waals surface area contributed by atoms with E-state index in [0.717, 1.165) is 48.0 Å². The number of para-hydroxylation sites is 1. The van der Waals surface area contributed by atoms with Crippen molar-refractivity contribution in [2.75, 3.05) is 41.5 Å². The first-order chi connectivity index (χ1) is 19.7. The smallest absolute Gasteiger partial charge is 0.276 e. The molecular formula is C29H33F2N7O3. The minimum absolute atomic E-state index is 0.0250. The van der Waals surface area contributed by atoms with Gasteiger partial charge in [-0.15, -0.1) is 0 Å². The summed E-state index contributed by atoms with van der Waals surface area (Å²) in [6.45, 7) is 10.3. The molecule has 41 heavy (non-hydrogen) atoms. The van der Waals surface area contributed by atoms with Crippen LogP contribution in [-0.4, -0.2) is 60.8 Å². The Morgan fingerprint density at radius 1 is 1.17 bits per heavy atom. The number of ether oxygens (including phenoxy) is 1. The van der Waals surface area contributed by atoms with Gasteiger partial charge >= 0.3 is 0 Å². The molecule has 216 valence electrons. The molecule has 10 nitrogen and oxygen atoms in total. The molecule has 2 aromatic carbocycles. The third kappa shape index (κ3) is 5.57. The van der Waals surface area contributed by atoms with Crippen LogP contribution in [0.25, 0.3) is 5.69 Å². The molecule has 2 aliphatic heterocycles. The zero-order valence-corrected chi connectivity index (χ0v) is 23.0. The summed E-state index contributed by atoms with van der Waals surface area (Å²) in [6.07, 6.45) is 1.82. The fraction of sp³-hybridized carbons (Fsp3) is 0.379. The molecule has 3 atom stereocenters. The van der Waals surface area contributed by atoms with Crippen LogP contribution in [0.15, 0.2) is 52.4 Å². The number of carbonyl (C=O) groups is 1. The molecule has 0 aliphatic carbocycles. The summed E-state index contributed by atoms with van der Waals surface area (Å²) in [4.78, 5) is 28.0. The lowest BCUT2D eigenvalue weighted by Crippen LogP contribution is -2.38. The van der Waals surface area contributed by atoms with Gasteiger partial charge in [0.15, 0.2) is 11.6 Å². The number of hydrogen-bond donors (Lipinski definition) is 2. The van der Waals surface area contributed by atoms with Crippen molar-refractivity contribution in [3.05, 3.63) is 75.7 Å². The van der Waals surface area contributed by atoms with Crippen molar-refractivity contribution >= 4 is 29.7 Å². The molecule has 0 radical (unpaired) electrons. The number of nitrogens with one attached hydrogen (secondary N) is 1. The molecule has 0 bridgehead atoms. The SMILES string of the molecule is C=NN(c1ccc(NC(=O)c2ccc(=O)n(-c3c(F)cccc3F)n2)c(N2C[C@@H](C)[C@@H](N)C2)c1C)[C@@H]1CCCOC1. The van der Waals surface area contributed by atoms with Crippen molar-refractivity contribution in [1.82, 2.24) is 9.78 Å².